The summed E-state index contributed by atoms with van der Waals surface area (Å²) in [7, 11) is 4.38. The fourth-order valence-corrected chi connectivity index (χ4v) is 4.63. The molecule has 49 heavy (non-hydrogen) atoms. The molecule has 0 radical (unpaired) electrons. The van der Waals surface area contributed by atoms with Gasteiger partial charge in [0.1, 0.15) is 34.4 Å². The molecular formula is C35H40N6O8. The summed E-state index contributed by atoms with van der Waals surface area (Å²) in [4.78, 5) is 70.4. The molecule has 4 aromatic rings. The zero-order valence-corrected chi connectivity index (χ0v) is 28.3. The zero-order chi connectivity index (χ0) is 35.7. The van der Waals surface area contributed by atoms with Crippen LogP contribution in [0.1, 0.15) is 39.4 Å². The lowest BCUT2D eigenvalue weighted by Crippen LogP contribution is -2.44. The Balaban J connectivity index is 1.65. The second-order valence-electron chi connectivity index (χ2n) is 12.1. The number of methoxy groups -OCH3 is 1. The fraction of sp³-hybridized carbons (Fsp3) is 0.314. The third-order valence-electron chi connectivity index (χ3n) is 6.97. The highest BCUT2D eigenvalue weighted by Gasteiger charge is 2.26. The second-order valence-corrected chi connectivity index (χ2v) is 12.1. The molecule has 0 saturated carbocycles. The van der Waals surface area contributed by atoms with Crippen LogP contribution in [0.2, 0.25) is 0 Å². The number of rotatable bonds is 11. The highest BCUT2D eigenvalue weighted by Crippen LogP contribution is 2.31. The summed E-state index contributed by atoms with van der Waals surface area (Å²) in [5.74, 6) is 0.248. The van der Waals surface area contributed by atoms with Gasteiger partial charge in [0.25, 0.3) is 5.56 Å². The number of likely N-dealkylation sites (N-methyl/N-ethyl adjacent to an activating group) is 1. The minimum Gasteiger partial charge on any atom is -0.455 e. The van der Waals surface area contributed by atoms with Gasteiger partial charge >= 0.3 is 12.2 Å². The van der Waals surface area contributed by atoms with E-state index in [9.17, 15) is 24.0 Å². The molecule has 2 N–H and O–H groups in total. The van der Waals surface area contributed by atoms with E-state index in [2.05, 4.69) is 15.4 Å². The number of ether oxygens (including phenoxy) is 3. The molecule has 0 aliphatic carbocycles. The second kappa shape index (κ2) is 15.8. The molecule has 0 fully saturated rings. The summed E-state index contributed by atoms with van der Waals surface area (Å²) in [6.45, 7) is 5.06. The number of para-hydroxylation sites is 2. The Morgan fingerprint density at radius 1 is 1.00 bits per heavy atom. The van der Waals surface area contributed by atoms with Gasteiger partial charge in [-0.1, -0.05) is 30.3 Å². The van der Waals surface area contributed by atoms with Crippen LogP contribution in [-0.2, 0) is 25.6 Å². The van der Waals surface area contributed by atoms with E-state index < -0.39 is 35.3 Å². The van der Waals surface area contributed by atoms with Crippen molar-refractivity contribution in [1.82, 2.24) is 24.3 Å². The number of allylic oxidation sites excluding steroid dienone is 1. The van der Waals surface area contributed by atoms with Crippen LogP contribution >= 0.6 is 0 Å². The van der Waals surface area contributed by atoms with E-state index in [1.54, 1.807) is 77.3 Å². The maximum absolute atomic E-state index is 13.6. The van der Waals surface area contributed by atoms with Crippen molar-refractivity contribution >= 4 is 40.7 Å². The summed E-state index contributed by atoms with van der Waals surface area (Å²) < 4.78 is 19.0. The summed E-state index contributed by atoms with van der Waals surface area (Å²) >= 11 is 0. The van der Waals surface area contributed by atoms with Gasteiger partial charge in [-0.25, -0.2) is 19.1 Å². The number of pyridine rings is 1. The number of amides is 3. The van der Waals surface area contributed by atoms with Crippen LogP contribution in [0.25, 0.3) is 11.0 Å². The third kappa shape index (κ3) is 9.56. The SMILES string of the molecule is COC(=O)N[C@@H](CC/C=C/C(=O)N(C)C)C(=O)Nc1cccn(Cc2nc3c(Oc4ccccc4)cccc3n2C(=O)OC(C)(C)C)c1=O. The quantitative estimate of drug-likeness (QED) is 0.211. The van der Waals surface area contributed by atoms with Gasteiger partial charge < -0.3 is 34.3 Å². The number of imidazole rings is 1. The van der Waals surface area contributed by atoms with Crippen molar-refractivity contribution in [2.24, 2.45) is 0 Å². The van der Waals surface area contributed by atoms with Gasteiger partial charge in [-0.3, -0.25) is 14.4 Å². The van der Waals surface area contributed by atoms with Gasteiger partial charge in [-0.15, -0.1) is 0 Å². The molecule has 2 aromatic heterocycles. The first-order chi connectivity index (χ1) is 23.3. The number of nitrogens with zero attached hydrogens (tertiary/aromatic N) is 4. The van der Waals surface area contributed by atoms with Crippen LogP contribution in [0.15, 0.2) is 83.8 Å². The number of benzene rings is 2. The van der Waals surface area contributed by atoms with Crippen molar-refractivity contribution in [3.05, 3.63) is 95.2 Å². The molecule has 14 nitrogen and oxygen atoms in total. The molecule has 4 rings (SSSR count). The maximum atomic E-state index is 13.6. The Labute approximate surface area is 283 Å². The third-order valence-corrected chi connectivity index (χ3v) is 6.97. The van der Waals surface area contributed by atoms with E-state index >= 15 is 0 Å². The summed E-state index contributed by atoms with van der Waals surface area (Å²) in [6.07, 6.45) is 3.31. The molecule has 2 aromatic carbocycles. The molecule has 14 heteroatoms. The Hall–Kier alpha value is -5.92. The minimum absolute atomic E-state index is 0.0736. The standard InChI is InChI=1S/C35H40N6O8/c1-35(2,3)49-34(46)41-26-18-12-19-27(48-23-14-8-7-9-15-23)30(26)38-28(41)22-40-21-13-17-25(32(40)44)36-31(43)24(37-33(45)47-6)16-10-11-20-29(42)39(4)5/h7-9,11-15,17-21,24H,10,16,22H2,1-6H3,(H,36,43)(H,37,45)/b20-11+/t24-/m0/s1. The lowest BCUT2D eigenvalue weighted by atomic mass is 10.1. The largest absolute Gasteiger partial charge is 0.455 e. The molecule has 0 bridgehead atoms. The van der Waals surface area contributed by atoms with Crippen LogP contribution < -0.4 is 20.9 Å². The van der Waals surface area contributed by atoms with Crippen LogP contribution in [0.3, 0.4) is 0 Å². The molecule has 2 heterocycles. The van der Waals surface area contributed by atoms with E-state index in [0.717, 1.165) is 7.11 Å². The summed E-state index contributed by atoms with van der Waals surface area (Å²) in [6, 6.07) is 16.1. The number of aromatic nitrogens is 3. The molecular weight excluding hydrogens is 632 g/mol. The summed E-state index contributed by atoms with van der Waals surface area (Å²) in [5, 5.41) is 5.04. The van der Waals surface area contributed by atoms with Crippen LogP contribution in [0.4, 0.5) is 15.3 Å². The van der Waals surface area contributed by atoms with Gasteiger partial charge in [0, 0.05) is 20.3 Å². The molecule has 3 amide bonds. The van der Waals surface area contributed by atoms with Crippen molar-refractivity contribution in [2.45, 2.75) is 51.8 Å². The minimum atomic E-state index is -1.08. The lowest BCUT2D eigenvalue weighted by molar-refractivity contribution is -0.123. The summed E-state index contributed by atoms with van der Waals surface area (Å²) in [5.41, 5.74) is -0.699. The fourth-order valence-electron chi connectivity index (χ4n) is 4.63. The Bertz CT molecular complexity index is 1910. The number of alkyl carbamates (subject to hydrolysis) is 1. The van der Waals surface area contributed by atoms with Gasteiger partial charge in [0.15, 0.2) is 5.75 Å². The first-order valence-corrected chi connectivity index (χ1v) is 15.5. The predicted molar refractivity (Wildman–Crippen MR) is 183 cm³/mol. The van der Waals surface area contributed by atoms with Crippen LogP contribution in [-0.4, -0.2) is 75.9 Å². The van der Waals surface area contributed by atoms with Crippen molar-refractivity contribution in [3.8, 4) is 11.5 Å². The average molecular weight is 673 g/mol. The number of nitrogens with one attached hydrogen (secondary N) is 2. The number of hydrogen-bond donors (Lipinski definition) is 2. The van der Waals surface area contributed by atoms with Gasteiger partial charge in [0.2, 0.25) is 11.8 Å². The van der Waals surface area contributed by atoms with E-state index in [4.69, 9.17) is 14.5 Å². The average Bonchev–Trinajstić information content (AvgIpc) is 3.42. The molecule has 0 unspecified atom stereocenters. The van der Waals surface area contributed by atoms with Crippen molar-refractivity contribution in [2.75, 3.05) is 26.5 Å². The molecule has 0 aliphatic heterocycles. The lowest BCUT2D eigenvalue weighted by Gasteiger charge is -2.20. The number of carbonyl (C=O) groups excluding carboxylic acids is 4. The normalized spacial score (nSPS) is 12.0. The van der Waals surface area contributed by atoms with Crippen LogP contribution in [0, 0.1) is 0 Å². The highest BCUT2D eigenvalue weighted by atomic mass is 16.6. The van der Waals surface area contributed by atoms with Gasteiger partial charge in [0.05, 0.1) is 19.2 Å². The molecule has 0 saturated heterocycles. The number of anilines is 1. The Morgan fingerprint density at radius 2 is 1.73 bits per heavy atom. The molecule has 0 aliphatic rings. The maximum Gasteiger partial charge on any atom is 0.420 e. The molecule has 0 spiro atoms. The van der Waals surface area contributed by atoms with E-state index in [-0.39, 0.29) is 36.8 Å². The van der Waals surface area contributed by atoms with Crippen LogP contribution in [0.5, 0.6) is 11.5 Å². The van der Waals surface area contributed by atoms with Crippen molar-refractivity contribution < 1.29 is 33.4 Å². The monoisotopic (exact) mass is 672 g/mol. The first kappa shape index (κ1) is 35.9. The van der Waals surface area contributed by atoms with Gasteiger partial charge in [-0.05, 0) is 76.1 Å². The first-order valence-electron chi connectivity index (χ1n) is 15.5. The molecule has 1 atom stereocenters. The predicted octanol–water partition coefficient (Wildman–Crippen LogP) is 4.91. The number of hydrogen-bond acceptors (Lipinski definition) is 9. The highest BCUT2D eigenvalue weighted by molar-refractivity contribution is 5.96. The smallest absolute Gasteiger partial charge is 0.420 e. The van der Waals surface area contributed by atoms with Crippen molar-refractivity contribution in [3.63, 3.8) is 0 Å². The van der Waals surface area contributed by atoms with E-state index in [1.165, 1.54) is 32.4 Å². The van der Waals surface area contributed by atoms with E-state index in [0.29, 0.717) is 22.5 Å². The van der Waals surface area contributed by atoms with Gasteiger partial charge in [-0.2, -0.15) is 0 Å². The molecule has 258 valence electrons. The number of carbonyl (C=O) groups is 4. The topological polar surface area (TPSA) is 163 Å². The number of fused-ring (bicyclic) bond motifs is 1. The Kier molecular flexibility index (Phi) is 11.6. The Morgan fingerprint density at radius 3 is 2.41 bits per heavy atom. The van der Waals surface area contributed by atoms with E-state index in [1.807, 2.05) is 18.2 Å². The zero-order valence-electron chi connectivity index (χ0n) is 28.3. The van der Waals surface area contributed by atoms with Crippen molar-refractivity contribution in [1.29, 1.82) is 0 Å².